The number of hydrogen-bond donors (Lipinski definition) is 1. The fourth-order valence-electron chi connectivity index (χ4n) is 6.79. The molecule has 6 rings (SSSR count). The number of ether oxygens (including phenoxy) is 1. The SMILES string of the molecule is CCOC(=O)/C=C/c1ccc(-c2ccc(O)c(C34CC5CC(CC(C5)C3)C4)c2)c(Cl)c1. The normalized spacial score (nSPS) is 28.9. The smallest absolute Gasteiger partial charge is 0.330 e. The van der Waals surface area contributed by atoms with Crippen LogP contribution >= 0.6 is 11.6 Å². The van der Waals surface area contributed by atoms with E-state index in [0.29, 0.717) is 17.4 Å². The van der Waals surface area contributed by atoms with Crippen molar-refractivity contribution in [3.8, 4) is 16.9 Å². The van der Waals surface area contributed by atoms with E-state index in [-0.39, 0.29) is 11.4 Å². The van der Waals surface area contributed by atoms with Crippen molar-refractivity contribution in [3.05, 3.63) is 58.6 Å². The Morgan fingerprint density at radius 2 is 1.77 bits per heavy atom. The van der Waals surface area contributed by atoms with Crippen molar-refractivity contribution in [2.45, 2.75) is 50.9 Å². The molecule has 1 N–H and O–H groups in total. The molecular weight excluding hydrogens is 408 g/mol. The van der Waals surface area contributed by atoms with Crippen LogP contribution < -0.4 is 0 Å². The lowest BCUT2D eigenvalue weighted by Gasteiger charge is -2.57. The summed E-state index contributed by atoms with van der Waals surface area (Å²) < 4.78 is 4.93. The van der Waals surface area contributed by atoms with Crippen molar-refractivity contribution in [3.63, 3.8) is 0 Å². The largest absolute Gasteiger partial charge is 0.508 e. The summed E-state index contributed by atoms with van der Waals surface area (Å²) in [6.07, 6.45) is 10.9. The summed E-state index contributed by atoms with van der Waals surface area (Å²) in [6.45, 7) is 2.14. The highest BCUT2D eigenvalue weighted by Gasteiger charge is 2.52. The molecule has 0 aliphatic heterocycles. The third-order valence-electron chi connectivity index (χ3n) is 7.61. The van der Waals surface area contributed by atoms with Crippen molar-refractivity contribution in [1.29, 1.82) is 0 Å². The Kier molecular flexibility index (Phi) is 5.34. The summed E-state index contributed by atoms with van der Waals surface area (Å²) in [5.74, 6) is 2.53. The average Bonchev–Trinajstić information content (AvgIpc) is 2.72. The van der Waals surface area contributed by atoms with Crippen LogP contribution in [-0.2, 0) is 14.9 Å². The van der Waals surface area contributed by atoms with Crippen LogP contribution in [0.3, 0.4) is 0 Å². The molecule has 0 amide bonds. The number of benzene rings is 2. The van der Waals surface area contributed by atoms with Gasteiger partial charge in [0.05, 0.1) is 6.61 Å². The first-order valence-electron chi connectivity index (χ1n) is 11.4. The predicted octanol–water partition coefficient (Wildman–Crippen LogP) is 6.76. The topological polar surface area (TPSA) is 46.5 Å². The van der Waals surface area contributed by atoms with Gasteiger partial charge in [-0.3, -0.25) is 0 Å². The van der Waals surface area contributed by atoms with Gasteiger partial charge < -0.3 is 9.84 Å². The lowest BCUT2D eigenvalue weighted by molar-refractivity contribution is -0.137. The van der Waals surface area contributed by atoms with E-state index >= 15 is 0 Å². The third kappa shape index (κ3) is 3.89. The zero-order chi connectivity index (χ0) is 21.6. The van der Waals surface area contributed by atoms with Gasteiger partial charge in [-0.1, -0.05) is 29.8 Å². The molecule has 0 spiro atoms. The number of rotatable bonds is 5. The summed E-state index contributed by atoms with van der Waals surface area (Å²) in [5, 5.41) is 11.5. The molecule has 3 nitrogen and oxygen atoms in total. The third-order valence-corrected chi connectivity index (χ3v) is 7.92. The fourth-order valence-corrected chi connectivity index (χ4v) is 7.09. The second-order valence-electron chi connectivity index (χ2n) is 9.75. The number of phenolic OH excluding ortho intramolecular Hbond substituents is 1. The molecule has 31 heavy (non-hydrogen) atoms. The second kappa shape index (κ2) is 8.02. The van der Waals surface area contributed by atoms with Crippen LogP contribution in [0, 0.1) is 17.8 Å². The molecule has 4 fully saturated rings. The van der Waals surface area contributed by atoms with E-state index in [1.165, 1.54) is 44.6 Å². The monoisotopic (exact) mass is 436 g/mol. The first kappa shape index (κ1) is 20.6. The first-order valence-corrected chi connectivity index (χ1v) is 11.8. The number of carbonyl (C=O) groups is 1. The zero-order valence-electron chi connectivity index (χ0n) is 17.9. The van der Waals surface area contributed by atoms with Crippen LogP contribution in [0.2, 0.25) is 5.02 Å². The molecule has 2 aromatic rings. The fraction of sp³-hybridized carbons (Fsp3) is 0.444. The molecule has 4 aliphatic rings. The molecule has 0 unspecified atom stereocenters. The van der Waals surface area contributed by atoms with Gasteiger partial charge in [0.1, 0.15) is 5.75 Å². The van der Waals surface area contributed by atoms with Crippen molar-refractivity contribution < 1.29 is 14.6 Å². The van der Waals surface area contributed by atoms with Crippen molar-refractivity contribution in [2.24, 2.45) is 17.8 Å². The molecule has 4 heteroatoms. The highest BCUT2D eigenvalue weighted by atomic mass is 35.5. The van der Waals surface area contributed by atoms with Crippen molar-refractivity contribution in [2.75, 3.05) is 6.61 Å². The van der Waals surface area contributed by atoms with Crippen LogP contribution in [0.25, 0.3) is 17.2 Å². The lowest BCUT2D eigenvalue weighted by atomic mass is 9.48. The second-order valence-corrected chi connectivity index (χ2v) is 10.2. The summed E-state index contributed by atoms with van der Waals surface area (Å²) >= 11 is 6.64. The Labute approximate surface area is 189 Å². The van der Waals surface area contributed by atoms with Crippen LogP contribution in [0.4, 0.5) is 0 Å². The summed E-state index contributed by atoms with van der Waals surface area (Å²) in [7, 11) is 0. The highest BCUT2D eigenvalue weighted by molar-refractivity contribution is 6.33. The van der Waals surface area contributed by atoms with Gasteiger partial charge in [-0.2, -0.15) is 0 Å². The average molecular weight is 437 g/mol. The van der Waals surface area contributed by atoms with E-state index < -0.39 is 0 Å². The minimum Gasteiger partial charge on any atom is -0.508 e. The number of halogens is 1. The standard InChI is InChI=1S/C27H29ClO3/c1-2-31-26(30)8-4-17-3-6-22(24(28)12-17)21-5-7-25(29)23(13-21)27-14-18-9-19(15-27)11-20(10-18)16-27/h3-8,12-13,18-20,29H,2,9-11,14-16H2,1H3/b8-4+. The molecule has 0 heterocycles. The molecule has 0 radical (unpaired) electrons. The van der Waals surface area contributed by atoms with Gasteiger partial charge in [-0.15, -0.1) is 0 Å². The minimum atomic E-state index is -0.360. The van der Waals surface area contributed by atoms with Gasteiger partial charge in [-0.25, -0.2) is 4.79 Å². The Hall–Kier alpha value is -2.26. The molecule has 4 saturated carbocycles. The van der Waals surface area contributed by atoms with Gasteiger partial charge in [0.2, 0.25) is 0 Å². The number of aromatic hydroxyl groups is 1. The Balaban J connectivity index is 1.45. The highest BCUT2D eigenvalue weighted by Crippen LogP contribution is 2.62. The number of phenols is 1. The van der Waals surface area contributed by atoms with Crippen molar-refractivity contribution >= 4 is 23.6 Å². The lowest BCUT2D eigenvalue weighted by Crippen LogP contribution is -2.48. The van der Waals surface area contributed by atoms with E-state index in [4.69, 9.17) is 16.3 Å². The van der Waals surface area contributed by atoms with Crippen LogP contribution in [-0.4, -0.2) is 17.7 Å². The molecule has 0 aromatic heterocycles. The molecular formula is C27H29ClO3. The van der Waals surface area contributed by atoms with E-state index in [0.717, 1.165) is 40.0 Å². The number of hydrogen-bond acceptors (Lipinski definition) is 3. The van der Waals surface area contributed by atoms with Crippen LogP contribution in [0.15, 0.2) is 42.5 Å². The molecule has 0 saturated heterocycles. The minimum absolute atomic E-state index is 0.129. The first-order chi connectivity index (χ1) is 15.0. The maximum atomic E-state index is 11.6. The van der Waals surface area contributed by atoms with E-state index in [9.17, 15) is 9.90 Å². The quantitative estimate of drug-likeness (QED) is 0.416. The van der Waals surface area contributed by atoms with Gasteiger partial charge in [-0.05, 0) is 104 Å². The molecule has 4 aliphatic carbocycles. The maximum Gasteiger partial charge on any atom is 0.330 e. The van der Waals surface area contributed by atoms with E-state index in [1.54, 1.807) is 13.0 Å². The van der Waals surface area contributed by atoms with E-state index in [2.05, 4.69) is 6.07 Å². The Morgan fingerprint density at radius 1 is 1.10 bits per heavy atom. The Morgan fingerprint density at radius 3 is 2.39 bits per heavy atom. The van der Waals surface area contributed by atoms with E-state index in [1.807, 2.05) is 30.3 Å². The van der Waals surface area contributed by atoms with Gasteiger partial charge in [0, 0.05) is 22.2 Å². The van der Waals surface area contributed by atoms with Crippen LogP contribution in [0.1, 0.15) is 56.6 Å². The number of esters is 1. The van der Waals surface area contributed by atoms with Gasteiger partial charge in [0.25, 0.3) is 0 Å². The summed E-state index contributed by atoms with van der Waals surface area (Å²) in [4.78, 5) is 11.6. The predicted molar refractivity (Wildman–Crippen MR) is 124 cm³/mol. The molecule has 162 valence electrons. The summed E-state index contributed by atoms with van der Waals surface area (Å²) in [6, 6.07) is 11.8. The summed E-state index contributed by atoms with van der Waals surface area (Å²) in [5.41, 5.74) is 4.08. The van der Waals surface area contributed by atoms with Crippen molar-refractivity contribution in [1.82, 2.24) is 0 Å². The Bertz CT molecular complexity index is 1000. The van der Waals surface area contributed by atoms with Crippen LogP contribution in [0.5, 0.6) is 5.75 Å². The molecule has 2 aromatic carbocycles. The molecule has 4 bridgehead atoms. The molecule has 0 atom stereocenters. The zero-order valence-corrected chi connectivity index (χ0v) is 18.7. The number of carbonyl (C=O) groups excluding carboxylic acids is 1. The van der Waals surface area contributed by atoms with Gasteiger partial charge >= 0.3 is 5.97 Å². The maximum absolute atomic E-state index is 11.6. The van der Waals surface area contributed by atoms with Gasteiger partial charge in [0.15, 0.2) is 0 Å².